The molecule has 5 nitrogen and oxygen atoms in total. The van der Waals surface area contributed by atoms with E-state index in [0.29, 0.717) is 11.8 Å². The highest BCUT2D eigenvalue weighted by atomic mass is 16.5. The second-order valence-electron chi connectivity index (χ2n) is 7.49. The van der Waals surface area contributed by atoms with Crippen LogP contribution in [0.15, 0.2) is 30.3 Å². The van der Waals surface area contributed by atoms with Gasteiger partial charge < -0.3 is 15.0 Å². The quantitative estimate of drug-likeness (QED) is 0.860. The molecule has 0 bridgehead atoms. The van der Waals surface area contributed by atoms with Crippen LogP contribution in [-0.2, 0) is 11.2 Å². The maximum absolute atomic E-state index is 12.4. The van der Waals surface area contributed by atoms with E-state index in [1.54, 1.807) is 0 Å². The lowest BCUT2D eigenvalue weighted by atomic mass is 9.99. The number of nitrogens with one attached hydrogen (secondary N) is 1. The normalized spacial score (nSPS) is 22.8. The van der Waals surface area contributed by atoms with Gasteiger partial charge in [0, 0.05) is 39.3 Å². The molecule has 2 amide bonds. The number of likely N-dealkylation sites (tertiary alicyclic amines) is 1. The summed E-state index contributed by atoms with van der Waals surface area (Å²) in [4.78, 5) is 16.8. The molecule has 1 aromatic carbocycles. The summed E-state index contributed by atoms with van der Waals surface area (Å²) in [6, 6.07) is 10.7. The number of amides is 2. The molecular formula is C20H31N3O2. The van der Waals surface area contributed by atoms with E-state index in [1.165, 1.54) is 5.56 Å². The highest BCUT2D eigenvalue weighted by Crippen LogP contribution is 2.20. The van der Waals surface area contributed by atoms with Gasteiger partial charge >= 0.3 is 6.03 Å². The van der Waals surface area contributed by atoms with Crippen LogP contribution in [0.3, 0.4) is 0 Å². The molecular weight excluding hydrogens is 314 g/mol. The lowest BCUT2D eigenvalue weighted by Crippen LogP contribution is -2.44. The molecule has 25 heavy (non-hydrogen) atoms. The maximum atomic E-state index is 12.4. The van der Waals surface area contributed by atoms with E-state index < -0.39 is 0 Å². The first-order chi connectivity index (χ1) is 12.2. The Morgan fingerprint density at radius 3 is 2.76 bits per heavy atom. The van der Waals surface area contributed by atoms with Crippen LogP contribution in [0.1, 0.15) is 18.9 Å². The van der Waals surface area contributed by atoms with Crippen molar-refractivity contribution in [1.29, 1.82) is 0 Å². The highest BCUT2D eigenvalue weighted by molar-refractivity contribution is 5.74. The largest absolute Gasteiger partial charge is 0.379 e. The van der Waals surface area contributed by atoms with Crippen LogP contribution < -0.4 is 5.32 Å². The van der Waals surface area contributed by atoms with Gasteiger partial charge in [0.1, 0.15) is 0 Å². The average Bonchev–Trinajstić information content (AvgIpc) is 3.10. The Bertz CT molecular complexity index is 531. The molecule has 2 heterocycles. The van der Waals surface area contributed by atoms with E-state index in [9.17, 15) is 4.79 Å². The Labute approximate surface area is 151 Å². The molecule has 2 saturated heterocycles. The van der Waals surface area contributed by atoms with Crippen molar-refractivity contribution in [3.8, 4) is 0 Å². The van der Waals surface area contributed by atoms with Crippen molar-refractivity contribution in [1.82, 2.24) is 15.1 Å². The Hall–Kier alpha value is -1.59. The fourth-order valence-corrected chi connectivity index (χ4v) is 3.79. The van der Waals surface area contributed by atoms with Gasteiger partial charge in [0.05, 0.1) is 13.2 Å². The second-order valence-corrected chi connectivity index (χ2v) is 7.49. The number of carbonyl (C=O) groups excluding carboxylic acids is 1. The minimum atomic E-state index is 0.101. The van der Waals surface area contributed by atoms with Crippen LogP contribution in [0.5, 0.6) is 0 Å². The molecule has 2 atom stereocenters. The minimum absolute atomic E-state index is 0.101. The van der Waals surface area contributed by atoms with Gasteiger partial charge in [-0.15, -0.1) is 0 Å². The Balaban J connectivity index is 1.35. The smallest absolute Gasteiger partial charge is 0.317 e. The van der Waals surface area contributed by atoms with Crippen molar-refractivity contribution < 1.29 is 9.53 Å². The van der Waals surface area contributed by atoms with Crippen molar-refractivity contribution in [2.24, 2.45) is 11.8 Å². The molecule has 5 heteroatoms. The van der Waals surface area contributed by atoms with Crippen molar-refractivity contribution >= 4 is 6.03 Å². The van der Waals surface area contributed by atoms with E-state index in [-0.39, 0.29) is 6.03 Å². The number of hydrogen-bond acceptors (Lipinski definition) is 3. The SMILES string of the molecule is C[C@@H](CNC(=O)N1CC[C@@H](Cc2ccccc2)C1)CN1CCOCC1. The fraction of sp³-hybridized carbons (Fsp3) is 0.650. The summed E-state index contributed by atoms with van der Waals surface area (Å²) in [5.74, 6) is 1.05. The fourth-order valence-electron chi connectivity index (χ4n) is 3.79. The highest BCUT2D eigenvalue weighted by Gasteiger charge is 2.26. The first kappa shape index (κ1) is 18.2. The molecule has 138 valence electrons. The third kappa shape index (κ3) is 5.72. The van der Waals surface area contributed by atoms with Crippen LogP contribution in [0.2, 0.25) is 0 Å². The summed E-state index contributed by atoms with van der Waals surface area (Å²) in [6.45, 7) is 9.40. The first-order valence-electron chi connectivity index (χ1n) is 9.57. The van der Waals surface area contributed by atoms with E-state index in [1.807, 2.05) is 4.90 Å². The lowest BCUT2D eigenvalue weighted by Gasteiger charge is -2.29. The average molecular weight is 345 g/mol. The number of ether oxygens (including phenoxy) is 1. The van der Waals surface area contributed by atoms with Gasteiger partial charge in [0.25, 0.3) is 0 Å². The van der Waals surface area contributed by atoms with E-state index >= 15 is 0 Å². The predicted molar refractivity (Wildman–Crippen MR) is 99.6 cm³/mol. The summed E-state index contributed by atoms with van der Waals surface area (Å²) < 4.78 is 5.38. The molecule has 3 rings (SSSR count). The Kier molecular flexibility index (Phi) is 6.70. The zero-order valence-electron chi connectivity index (χ0n) is 15.3. The molecule has 0 aliphatic carbocycles. The number of carbonyl (C=O) groups is 1. The summed E-state index contributed by atoms with van der Waals surface area (Å²) in [7, 11) is 0. The maximum Gasteiger partial charge on any atom is 0.317 e. The monoisotopic (exact) mass is 345 g/mol. The summed E-state index contributed by atoms with van der Waals surface area (Å²) in [5, 5.41) is 3.13. The van der Waals surface area contributed by atoms with Crippen LogP contribution in [0, 0.1) is 11.8 Å². The predicted octanol–water partition coefficient (Wildman–Crippen LogP) is 2.23. The van der Waals surface area contributed by atoms with E-state index in [2.05, 4.69) is 47.5 Å². The van der Waals surface area contributed by atoms with Crippen molar-refractivity contribution in [3.05, 3.63) is 35.9 Å². The zero-order chi connectivity index (χ0) is 17.5. The molecule has 2 aliphatic rings. The standard InChI is InChI=1S/C20H31N3O2/c1-17(15-22-9-11-25-12-10-22)14-21-20(24)23-8-7-19(16-23)13-18-5-3-2-4-6-18/h2-6,17,19H,7-16H2,1H3,(H,21,24)/t17-,19-/m0/s1. The topological polar surface area (TPSA) is 44.8 Å². The van der Waals surface area contributed by atoms with Crippen LogP contribution in [0.4, 0.5) is 4.79 Å². The molecule has 1 N–H and O–H groups in total. The van der Waals surface area contributed by atoms with Gasteiger partial charge in [-0.3, -0.25) is 4.90 Å². The third-order valence-electron chi connectivity index (χ3n) is 5.22. The number of rotatable bonds is 6. The van der Waals surface area contributed by atoms with Crippen LogP contribution in [-0.4, -0.2) is 68.3 Å². The zero-order valence-corrected chi connectivity index (χ0v) is 15.3. The lowest BCUT2D eigenvalue weighted by molar-refractivity contribution is 0.0319. The van der Waals surface area contributed by atoms with Gasteiger partial charge in [-0.1, -0.05) is 37.3 Å². The molecule has 1 aromatic rings. The number of urea groups is 1. The van der Waals surface area contributed by atoms with Crippen molar-refractivity contribution in [3.63, 3.8) is 0 Å². The first-order valence-corrected chi connectivity index (χ1v) is 9.57. The van der Waals surface area contributed by atoms with Gasteiger partial charge in [-0.2, -0.15) is 0 Å². The van der Waals surface area contributed by atoms with Gasteiger partial charge in [-0.05, 0) is 30.2 Å². The van der Waals surface area contributed by atoms with Crippen LogP contribution >= 0.6 is 0 Å². The number of hydrogen-bond donors (Lipinski definition) is 1. The second kappa shape index (κ2) is 9.20. The molecule has 2 fully saturated rings. The Morgan fingerprint density at radius 1 is 1.24 bits per heavy atom. The molecule has 0 saturated carbocycles. The molecule has 0 aromatic heterocycles. The van der Waals surface area contributed by atoms with Gasteiger partial charge in [-0.25, -0.2) is 4.79 Å². The number of benzene rings is 1. The molecule has 0 radical (unpaired) electrons. The molecule has 0 unspecified atom stereocenters. The summed E-state index contributed by atoms with van der Waals surface area (Å²) in [6.07, 6.45) is 2.17. The van der Waals surface area contributed by atoms with Gasteiger partial charge in [0.15, 0.2) is 0 Å². The van der Waals surface area contributed by atoms with Gasteiger partial charge in [0.2, 0.25) is 0 Å². The van der Waals surface area contributed by atoms with Crippen LogP contribution in [0.25, 0.3) is 0 Å². The number of morpholine rings is 1. The van der Waals surface area contributed by atoms with Crippen molar-refractivity contribution in [2.75, 3.05) is 52.5 Å². The summed E-state index contributed by atoms with van der Waals surface area (Å²) in [5.41, 5.74) is 1.37. The third-order valence-corrected chi connectivity index (χ3v) is 5.22. The Morgan fingerprint density at radius 2 is 2.00 bits per heavy atom. The van der Waals surface area contributed by atoms with E-state index in [4.69, 9.17) is 4.74 Å². The summed E-state index contributed by atoms with van der Waals surface area (Å²) >= 11 is 0. The molecule has 2 aliphatic heterocycles. The number of nitrogens with zero attached hydrogens (tertiary/aromatic N) is 2. The molecule has 0 spiro atoms. The van der Waals surface area contributed by atoms with Crippen molar-refractivity contribution in [2.45, 2.75) is 19.8 Å². The minimum Gasteiger partial charge on any atom is -0.379 e. The van der Waals surface area contributed by atoms with E-state index in [0.717, 1.165) is 65.3 Å².